The molecule has 1 amide bonds. The summed E-state index contributed by atoms with van der Waals surface area (Å²) in [6.45, 7) is 1.18. The SMILES string of the molecule is CCC1OC(OC2C(COC(=O)CCl)OC(OCCCCCCNC(=O)OCC(Cl)(Cl)Cl)C(OC(=O)c3ccccc3)C2OCc2ccccc2)C(N=[N+]=[N-])C(OCc2ccccc2)C1OC(=O)OCC1c2ccccc2-c2ccccc21. The number of nitrogens with one attached hydrogen (secondary N) is 1. The highest BCUT2D eigenvalue weighted by Gasteiger charge is 2.55. The molecule has 2 heterocycles. The largest absolute Gasteiger partial charge is 0.508 e. The van der Waals surface area contributed by atoms with E-state index in [9.17, 15) is 24.7 Å². The minimum Gasteiger partial charge on any atom is -0.462 e. The molecule has 10 atom stereocenters. The van der Waals surface area contributed by atoms with Gasteiger partial charge in [0, 0.05) is 24.0 Å². The minimum absolute atomic E-state index is 0.0232. The normalized spacial score (nSPS) is 22.9. The summed E-state index contributed by atoms with van der Waals surface area (Å²) in [6, 6.07) is 41.2. The molecule has 83 heavy (non-hydrogen) atoms. The van der Waals surface area contributed by atoms with E-state index in [4.69, 9.17) is 98.5 Å². The standard InChI is InChI=1S/C60H64Cl4N4O15/c1-2-46-50(83-59(72)77-35-45-43-28-16-14-26-41(43)42-27-15-17-29-44(42)45)52(75-33-38-20-8-5-9-21-38)49(67-68-65)56(79-46)82-51-47(36-74-48(69)32-61)80-57(73-31-19-4-3-18-30-66-58(71)78-37-60(62,63)64)54(81-55(70)40-24-12-7-13-25-40)53(51)76-34-39-22-10-6-11-23-39/h5-17,20-29,45-47,49-54,56-57H,2-4,18-19,30-37H2,1H3,(H,66,71). The zero-order chi connectivity index (χ0) is 58.6. The summed E-state index contributed by atoms with van der Waals surface area (Å²) in [5.74, 6) is -2.30. The van der Waals surface area contributed by atoms with Crippen LogP contribution >= 0.6 is 46.4 Å². The third-order valence-electron chi connectivity index (χ3n) is 14.0. The van der Waals surface area contributed by atoms with Crippen LogP contribution in [0.4, 0.5) is 9.59 Å². The number of esters is 2. The zero-order valence-corrected chi connectivity index (χ0v) is 48.3. The molecule has 0 aromatic heterocycles. The minimum atomic E-state index is -1.74. The monoisotopic (exact) mass is 1220 g/mol. The maximum Gasteiger partial charge on any atom is 0.508 e. The van der Waals surface area contributed by atoms with Crippen molar-refractivity contribution in [2.45, 2.75) is 123 Å². The molecule has 5 aromatic carbocycles. The number of hydrogen-bond acceptors (Lipinski definition) is 16. The number of rotatable bonds is 27. The predicted molar refractivity (Wildman–Crippen MR) is 307 cm³/mol. The summed E-state index contributed by atoms with van der Waals surface area (Å²) in [7, 11) is 0. The fourth-order valence-corrected chi connectivity index (χ4v) is 10.3. The van der Waals surface area contributed by atoms with Gasteiger partial charge in [-0.2, -0.15) is 0 Å². The van der Waals surface area contributed by atoms with E-state index < -0.39 is 108 Å². The number of nitrogens with zero attached hydrogens (tertiary/aromatic N) is 3. The second kappa shape index (κ2) is 31.6. The van der Waals surface area contributed by atoms with Crippen LogP contribution < -0.4 is 5.32 Å². The molecule has 442 valence electrons. The number of benzene rings is 5. The number of azide groups is 1. The van der Waals surface area contributed by atoms with Gasteiger partial charge >= 0.3 is 24.2 Å². The van der Waals surface area contributed by atoms with Crippen LogP contribution in [-0.2, 0) is 70.1 Å². The number of hydrogen-bond donors (Lipinski definition) is 1. The van der Waals surface area contributed by atoms with Crippen LogP contribution in [0.2, 0.25) is 0 Å². The van der Waals surface area contributed by atoms with Gasteiger partial charge in [-0.15, -0.1) is 11.6 Å². The van der Waals surface area contributed by atoms with Gasteiger partial charge in [0.05, 0.1) is 18.8 Å². The molecular weight excluding hydrogens is 1160 g/mol. The Morgan fingerprint density at radius 2 is 1.22 bits per heavy atom. The van der Waals surface area contributed by atoms with Crippen molar-refractivity contribution in [3.8, 4) is 11.1 Å². The number of alkyl carbamates (subject to hydrolysis) is 1. The number of carbonyl (C=O) groups excluding carboxylic acids is 4. The molecule has 0 bridgehead atoms. The molecule has 0 radical (unpaired) electrons. The molecule has 2 aliphatic heterocycles. The Morgan fingerprint density at radius 1 is 0.627 bits per heavy atom. The average molecular weight is 1220 g/mol. The van der Waals surface area contributed by atoms with Crippen molar-refractivity contribution in [3.05, 3.63) is 178 Å². The number of fused-ring (bicyclic) bond motifs is 3. The number of carbonyl (C=O) groups is 4. The number of amides is 1. The molecule has 0 saturated carbocycles. The van der Waals surface area contributed by atoms with E-state index in [0.717, 1.165) is 33.4 Å². The molecule has 8 rings (SSSR count). The highest BCUT2D eigenvalue weighted by Crippen LogP contribution is 2.45. The van der Waals surface area contributed by atoms with Gasteiger partial charge in [0.1, 0.15) is 62.3 Å². The molecule has 2 fully saturated rings. The van der Waals surface area contributed by atoms with E-state index in [1.165, 1.54) is 0 Å². The van der Waals surface area contributed by atoms with E-state index in [2.05, 4.69) is 15.3 Å². The molecule has 5 aromatic rings. The fraction of sp³-hybridized carbons (Fsp3) is 0.433. The summed E-state index contributed by atoms with van der Waals surface area (Å²) in [6.07, 6.45) is -10.8. The molecule has 1 aliphatic carbocycles. The quantitative estimate of drug-likeness (QED) is 0.00980. The van der Waals surface area contributed by atoms with E-state index in [-0.39, 0.29) is 44.3 Å². The summed E-state index contributed by atoms with van der Waals surface area (Å²) in [4.78, 5) is 56.4. The van der Waals surface area contributed by atoms with Crippen molar-refractivity contribution in [1.82, 2.24) is 5.32 Å². The van der Waals surface area contributed by atoms with Gasteiger partial charge in [-0.25, -0.2) is 14.4 Å². The van der Waals surface area contributed by atoms with Crippen molar-refractivity contribution in [1.29, 1.82) is 0 Å². The topological polar surface area (TPSA) is 231 Å². The van der Waals surface area contributed by atoms with Crippen molar-refractivity contribution >= 4 is 70.6 Å². The first-order valence-electron chi connectivity index (χ1n) is 27.2. The summed E-state index contributed by atoms with van der Waals surface area (Å²) < 4.78 is 67.6. The smallest absolute Gasteiger partial charge is 0.462 e. The molecule has 10 unspecified atom stereocenters. The number of alkyl halides is 4. The van der Waals surface area contributed by atoms with Gasteiger partial charge in [0.25, 0.3) is 0 Å². The van der Waals surface area contributed by atoms with Gasteiger partial charge in [-0.3, -0.25) is 4.79 Å². The van der Waals surface area contributed by atoms with Gasteiger partial charge in [0.2, 0.25) is 3.79 Å². The summed E-state index contributed by atoms with van der Waals surface area (Å²) >= 11 is 23.0. The number of halogens is 4. The fourth-order valence-electron chi connectivity index (χ4n) is 10.0. The van der Waals surface area contributed by atoms with Crippen molar-refractivity contribution in [3.63, 3.8) is 0 Å². The van der Waals surface area contributed by atoms with Gasteiger partial charge in [-0.05, 0) is 70.3 Å². The molecule has 2 saturated heterocycles. The highest BCUT2D eigenvalue weighted by molar-refractivity contribution is 6.67. The lowest BCUT2D eigenvalue weighted by molar-refractivity contribution is -0.351. The van der Waals surface area contributed by atoms with Gasteiger partial charge in [0.15, 0.2) is 24.8 Å². The van der Waals surface area contributed by atoms with E-state index >= 15 is 0 Å². The lowest BCUT2D eigenvalue weighted by Crippen LogP contribution is -2.66. The summed E-state index contributed by atoms with van der Waals surface area (Å²) in [5.41, 5.74) is 16.1. The summed E-state index contributed by atoms with van der Waals surface area (Å²) in [5, 5.41) is 6.82. The van der Waals surface area contributed by atoms with Gasteiger partial charge < -0.3 is 57.4 Å². The molecule has 19 nitrogen and oxygen atoms in total. The molecule has 3 aliphatic rings. The van der Waals surface area contributed by atoms with Crippen LogP contribution in [0, 0.1) is 0 Å². The van der Waals surface area contributed by atoms with Crippen molar-refractivity contribution < 1.29 is 71.3 Å². The number of ether oxygens (including phenoxy) is 11. The Bertz CT molecular complexity index is 2880. The van der Waals surface area contributed by atoms with Crippen LogP contribution in [0.25, 0.3) is 21.6 Å². The van der Waals surface area contributed by atoms with Crippen molar-refractivity contribution in [2.75, 3.05) is 38.9 Å². The van der Waals surface area contributed by atoms with Crippen LogP contribution in [0.1, 0.15) is 77.6 Å². The average Bonchev–Trinajstić information content (AvgIpc) is 2.75. The maximum atomic E-state index is 14.2. The van der Waals surface area contributed by atoms with E-state index in [1.54, 1.807) is 30.3 Å². The Kier molecular flexibility index (Phi) is 24.0. The van der Waals surface area contributed by atoms with Crippen LogP contribution in [-0.4, -0.2) is 128 Å². The van der Waals surface area contributed by atoms with E-state index in [1.807, 2.05) is 116 Å². The maximum absolute atomic E-state index is 14.2. The Morgan fingerprint density at radius 3 is 1.83 bits per heavy atom. The lowest BCUT2D eigenvalue weighted by Gasteiger charge is -2.49. The number of unbranched alkanes of at least 4 members (excludes halogenated alkanes) is 3. The molecular formula is C60H64Cl4N4O15. The second-order valence-corrected chi connectivity index (χ2v) is 22.4. The lowest BCUT2D eigenvalue weighted by atomic mass is 9.94. The molecule has 0 spiro atoms. The third-order valence-corrected chi connectivity index (χ3v) is 14.5. The third kappa shape index (κ3) is 17.9. The van der Waals surface area contributed by atoms with Crippen LogP contribution in [0.5, 0.6) is 0 Å². The Labute approximate surface area is 500 Å². The first-order valence-corrected chi connectivity index (χ1v) is 28.9. The second-order valence-electron chi connectivity index (χ2n) is 19.6. The van der Waals surface area contributed by atoms with E-state index in [0.29, 0.717) is 32.2 Å². The molecule has 1 N–H and O–H groups in total. The predicted octanol–water partition coefficient (Wildman–Crippen LogP) is 12.1. The van der Waals surface area contributed by atoms with Gasteiger partial charge in [-0.1, -0.05) is 187 Å². The first-order chi connectivity index (χ1) is 40.3. The van der Waals surface area contributed by atoms with Crippen molar-refractivity contribution in [2.24, 2.45) is 5.11 Å². The zero-order valence-electron chi connectivity index (χ0n) is 45.3. The molecule has 23 heteroatoms. The first kappa shape index (κ1) is 62.8. The Hall–Kier alpha value is -6.19. The highest BCUT2D eigenvalue weighted by atomic mass is 35.6. The Balaban J connectivity index is 1.08. The van der Waals surface area contributed by atoms with Crippen LogP contribution in [0.3, 0.4) is 0 Å². The van der Waals surface area contributed by atoms with Crippen LogP contribution in [0.15, 0.2) is 145 Å².